The van der Waals surface area contributed by atoms with Crippen LogP contribution in [0.4, 0.5) is 27.4 Å². The van der Waals surface area contributed by atoms with Crippen molar-refractivity contribution in [1.82, 2.24) is 9.97 Å². The summed E-state index contributed by atoms with van der Waals surface area (Å²) >= 11 is 0. The smallest absolute Gasteiger partial charge is 0.451 e. The van der Waals surface area contributed by atoms with Gasteiger partial charge in [0.25, 0.3) is 0 Å². The van der Waals surface area contributed by atoms with Crippen LogP contribution in [0.25, 0.3) is 0 Å². The summed E-state index contributed by atoms with van der Waals surface area (Å²) in [4.78, 5) is 32.2. The average Bonchev–Trinajstić information content (AvgIpc) is 2.57. The number of hydrogen-bond acceptors (Lipinski definition) is 8. The van der Waals surface area contributed by atoms with Gasteiger partial charge in [0.2, 0.25) is 0 Å². The Labute approximate surface area is 138 Å². The van der Waals surface area contributed by atoms with E-state index >= 15 is 0 Å². The zero-order valence-corrected chi connectivity index (χ0v) is 13.3. The van der Waals surface area contributed by atoms with E-state index in [9.17, 15) is 14.8 Å². The summed E-state index contributed by atoms with van der Waals surface area (Å²) in [5, 5.41) is 16.4. The van der Waals surface area contributed by atoms with E-state index in [0.29, 0.717) is 13.1 Å². The highest BCUT2D eigenvalue weighted by atomic mass is 16.5. The summed E-state index contributed by atoms with van der Waals surface area (Å²) in [5.74, 6) is -0.813. The molecule has 1 aromatic heterocycles. The largest absolute Gasteiger partial charge is 0.762 e. The van der Waals surface area contributed by atoms with Crippen LogP contribution in [0.1, 0.15) is 0 Å². The van der Waals surface area contributed by atoms with Crippen LogP contribution < -0.4 is 20.3 Å². The van der Waals surface area contributed by atoms with Crippen molar-refractivity contribution in [2.45, 2.75) is 0 Å². The molecular formula is C13H18N6O5. The molecule has 1 rings (SSSR count). The van der Waals surface area contributed by atoms with Crippen LogP contribution in [0, 0.1) is 5.21 Å². The van der Waals surface area contributed by atoms with Gasteiger partial charge in [0.15, 0.2) is 0 Å². The summed E-state index contributed by atoms with van der Waals surface area (Å²) < 4.78 is 8.97. The van der Waals surface area contributed by atoms with E-state index in [4.69, 9.17) is 0 Å². The monoisotopic (exact) mass is 338 g/mol. The van der Waals surface area contributed by atoms with Gasteiger partial charge in [-0.1, -0.05) is 22.1 Å². The first-order chi connectivity index (χ1) is 11.5. The number of ether oxygens (including phenoxy) is 2. The second-order valence-electron chi connectivity index (χ2n) is 4.18. The summed E-state index contributed by atoms with van der Waals surface area (Å²) in [6.07, 6.45) is 1.36. The summed E-state index contributed by atoms with van der Waals surface area (Å²) in [6.45, 7) is 7.91. The molecule has 0 bridgehead atoms. The average molecular weight is 338 g/mol. The fourth-order valence-electron chi connectivity index (χ4n) is 1.54. The van der Waals surface area contributed by atoms with Crippen molar-refractivity contribution in [3.63, 3.8) is 0 Å². The number of methoxy groups -OCH3 is 2. The lowest BCUT2D eigenvalue weighted by Gasteiger charge is -2.19. The number of carbonyl (C=O) groups excluding carboxylic acids is 2. The minimum atomic E-state index is -0.910. The van der Waals surface area contributed by atoms with Crippen molar-refractivity contribution in [1.29, 1.82) is 0 Å². The number of aromatic nitrogens is 3. The Morgan fingerprint density at radius 2 is 1.54 bits per heavy atom. The van der Waals surface area contributed by atoms with Crippen molar-refractivity contribution < 1.29 is 23.8 Å². The third kappa shape index (κ3) is 4.83. The van der Waals surface area contributed by atoms with E-state index in [2.05, 4.69) is 43.2 Å². The number of rotatable bonds is 7. The lowest BCUT2D eigenvalue weighted by molar-refractivity contribution is -0.580. The number of hydrogen-bond donors (Lipinski definition) is 2. The number of carbonyl (C=O) groups is 2. The van der Waals surface area contributed by atoms with Gasteiger partial charge in [-0.3, -0.25) is 0 Å². The lowest BCUT2D eigenvalue weighted by Crippen LogP contribution is -2.41. The van der Waals surface area contributed by atoms with Crippen molar-refractivity contribution in [2.75, 3.05) is 42.8 Å². The Kier molecular flexibility index (Phi) is 6.95. The summed E-state index contributed by atoms with van der Waals surface area (Å²) in [6, 6.07) is 0. The first-order valence-corrected chi connectivity index (χ1v) is 6.65. The molecule has 0 fully saturated rings. The van der Waals surface area contributed by atoms with Gasteiger partial charge in [-0.05, 0) is 0 Å². The van der Waals surface area contributed by atoms with Gasteiger partial charge >= 0.3 is 30.0 Å². The van der Waals surface area contributed by atoms with E-state index in [1.54, 1.807) is 17.1 Å². The highest BCUT2D eigenvalue weighted by Gasteiger charge is 2.23. The standard InChI is InChI=1S/C13H18N6O5/c1-5-7-18(8-6-2)9-14-10(16-12(20)23-3)19(22)11(15-9)17-13(21)24-4/h5-6H,1-2,7-8H2,3-4H3,(H2,14,15,16,17,20,21). The Hall–Kier alpha value is -3.37. The van der Waals surface area contributed by atoms with E-state index < -0.39 is 24.1 Å². The van der Waals surface area contributed by atoms with Gasteiger partial charge < -0.3 is 19.6 Å². The SMILES string of the molecule is C=CCN(CC=C)c1nc(NC(=O)OC)[n+]([O-])c(NC(=O)OC)n1. The number of amides is 2. The summed E-state index contributed by atoms with van der Waals surface area (Å²) in [7, 11) is 2.25. The van der Waals surface area contributed by atoms with Crippen LogP contribution in [0.15, 0.2) is 25.3 Å². The van der Waals surface area contributed by atoms with Crippen LogP contribution in [0.2, 0.25) is 0 Å². The number of nitrogens with one attached hydrogen (secondary N) is 2. The Morgan fingerprint density at radius 3 is 1.88 bits per heavy atom. The maximum Gasteiger partial charge on any atom is 0.451 e. The molecule has 0 spiro atoms. The molecule has 1 aromatic rings. The fraction of sp³-hybridized carbons (Fsp3) is 0.308. The normalized spacial score (nSPS) is 9.58. The van der Waals surface area contributed by atoms with Gasteiger partial charge in [-0.25, -0.2) is 25.0 Å². The lowest BCUT2D eigenvalue weighted by atomic mass is 10.4. The van der Waals surface area contributed by atoms with Crippen LogP contribution in [-0.4, -0.2) is 49.5 Å². The van der Waals surface area contributed by atoms with Gasteiger partial charge in [0.05, 0.1) is 14.2 Å². The molecule has 2 amide bonds. The number of anilines is 3. The van der Waals surface area contributed by atoms with Crippen LogP contribution in [0.3, 0.4) is 0 Å². The summed E-state index contributed by atoms with van der Waals surface area (Å²) in [5.41, 5.74) is 0. The second-order valence-corrected chi connectivity index (χ2v) is 4.18. The van der Waals surface area contributed by atoms with E-state index in [1.165, 1.54) is 0 Å². The van der Waals surface area contributed by atoms with E-state index in [-0.39, 0.29) is 10.7 Å². The minimum absolute atomic E-state index is 0.0553. The van der Waals surface area contributed by atoms with Crippen molar-refractivity contribution >= 4 is 30.0 Å². The molecule has 0 aromatic carbocycles. The molecule has 24 heavy (non-hydrogen) atoms. The van der Waals surface area contributed by atoms with Crippen molar-refractivity contribution in [3.8, 4) is 0 Å². The zero-order chi connectivity index (χ0) is 18.1. The molecule has 11 heteroatoms. The van der Waals surface area contributed by atoms with E-state index in [0.717, 1.165) is 14.2 Å². The highest BCUT2D eigenvalue weighted by Crippen LogP contribution is 2.12. The van der Waals surface area contributed by atoms with Gasteiger partial charge in [0.1, 0.15) is 0 Å². The zero-order valence-electron chi connectivity index (χ0n) is 13.3. The predicted molar refractivity (Wildman–Crippen MR) is 85.7 cm³/mol. The molecule has 0 radical (unpaired) electrons. The van der Waals surface area contributed by atoms with Crippen molar-refractivity contribution in [3.05, 3.63) is 30.5 Å². The fourth-order valence-corrected chi connectivity index (χ4v) is 1.54. The topological polar surface area (TPSA) is 133 Å². The Bertz CT molecular complexity index is 586. The molecule has 11 nitrogen and oxygen atoms in total. The molecule has 0 unspecified atom stereocenters. The van der Waals surface area contributed by atoms with Crippen LogP contribution in [0.5, 0.6) is 0 Å². The molecule has 0 saturated heterocycles. The first kappa shape index (κ1) is 18.7. The van der Waals surface area contributed by atoms with Gasteiger partial charge in [-0.2, -0.15) is 0 Å². The van der Waals surface area contributed by atoms with Crippen LogP contribution in [-0.2, 0) is 9.47 Å². The molecule has 2 N–H and O–H groups in total. The Balaban J connectivity index is 3.35. The Morgan fingerprint density at radius 1 is 1.12 bits per heavy atom. The minimum Gasteiger partial charge on any atom is -0.762 e. The third-order valence-corrected chi connectivity index (χ3v) is 2.58. The maximum atomic E-state index is 12.2. The molecular weight excluding hydrogens is 320 g/mol. The maximum absolute atomic E-state index is 12.2. The van der Waals surface area contributed by atoms with Gasteiger partial charge in [-0.15, -0.1) is 13.2 Å². The third-order valence-electron chi connectivity index (χ3n) is 2.58. The molecule has 0 aliphatic carbocycles. The molecule has 0 saturated carbocycles. The van der Waals surface area contributed by atoms with E-state index in [1.807, 2.05) is 0 Å². The molecule has 130 valence electrons. The molecule has 0 aliphatic rings. The molecule has 0 atom stereocenters. The van der Waals surface area contributed by atoms with Gasteiger partial charge in [0, 0.05) is 13.1 Å². The second kappa shape index (κ2) is 8.92. The predicted octanol–water partition coefficient (Wildman–Crippen LogP) is 0.645. The number of nitrogens with zero attached hydrogens (tertiary/aromatic N) is 4. The molecule has 1 heterocycles. The molecule has 0 aliphatic heterocycles. The van der Waals surface area contributed by atoms with Crippen LogP contribution >= 0.6 is 0 Å². The highest BCUT2D eigenvalue weighted by molar-refractivity contribution is 5.83. The first-order valence-electron chi connectivity index (χ1n) is 6.65. The van der Waals surface area contributed by atoms with Crippen molar-refractivity contribution in [2.24, 2.45) is 0 Å². The quantitative estimate of drug-likeness (QED) is 0.420.